The second kappa shape index (κ2) is 2.25. The second-order valence-electron chi connectivity index (χ2n) is 2.88. The molecule has 0 aromatic carbocycles. The molecule has 9 heavy (non-hydrogen) atoms. The highest BCUT2D eigenvalue weighted by atomic mass is 16.6. The molecule has 2 atom stereocenters. The fourth-order valence-corrected chi connectivity index (χ4v) is 1.13. The van der Waals surface area contributed by atoms with Crippen LogP contribution in [0.5, 0.6) is 0 Å². The van der Waals surface area contributed by atoms with Gasteiger partial charge >= 0.3 is 0 Å². The molecule has 1 rings (SSSR count). The minimum atomic E-state index is -0.138. The van der Waals surface area contributed by atoms with E-state index in [0.29, 0.717) is 19.7 Å². The highest BCUT2D eigenvalue weighted by molar-refractivity contribution is 4.54. The summed E-state index contributed by atoms with van der Waals surface area (Å²) in [5.41, 5.74) is 0. The zero-order valence-corrected chi connectivity index (χ0v) is 5.96. The zero-order valence-electron chi connectivity index (χ0n) is 5.96. The monoisotopic (exact) mass is 131 g/mol. The van der Waals surface area contributed by atoms with Crippen LogP contribution in [0.25, 0.3) is 0 Å². The van der Waals surface area contributed by atoms with E-state index in [1.54, 1.807) is 7.05 Å². The summed E-state index contributed by atoms with van der Waals surface area (Å²) < 4.78 is 5.06. The Labute approximate surface area is 55.4 Å². The Balaban J connectivity index is 2.41. The van der Waals surface area contributed by atoms with Crippen molar-refractivity contribution in [1.29, 1.82) is 0 Å². The van der Waals surface area contributed by atoms with E-state index in [1.807, 2.05) is 6.92 Å². The van der Waals surface area contributed by atoms with E-state index in [1.165, 1.54) is 0 Å². The molecule has 0 spiro atoms. The quantitative estimate of drug-likeness (QED) is 0.351. The summed E-state index contributed by atoms with van der Waals surface area (Å²) in [5.74, 6) is 0. The van der Waals surface area contributed by atoms with Crippen LogP contribution in [0.4, 0.5) is 0 Å². The molecule has 2 unspecified atom stereocenters. The van der Waals surface area contributed by atoms with E-state index < -0.39 is 0 Å². The Morgan fingerprint density at radius 3 is 2.67 bits per heavy atom. The molecule has 0 N–H and O–H groups in total. The molecule has 3 nitrogen and oxygen atoms in total. The van der Waals surface area contributed by atoms with E-state index in [0.717, 1.165) is 0 Å². The van der Waals surface area contributed by atoms with Crippen molar-refractivity contribution in [2.24, 2.45) is 0 Å². The molecule has 1 aliphatic rings. The number of hydrogen-bond donors (Lipinski definition) is 0. The summed E-state index contributed by atoms with van der Waals surface area (Å²) in [4.78, 5) is 0. The van der Waals surface area contributed by atoms with Gasteiger partial charge in [-0.1, -0.05) is 0 Å². The predicted octanol–water partition coefficient (Wildman–Crippen LogP) is 0.349. The minimum absolute atomic E-state index is 0.138. The van der Waals surface area contributed by atoms with E-state index in [9.17, 15) is 5.21 Å². The molecule has 0 saturated carbocycles. The van der Waals surface area contributed by atoms with Crippen molar-refractivity contribution < 1.29 is 9.38 Å². The zero-order chi connectivity index (χ0) is 6.91. The van der Waals surface area contributed by atoms with Crippen molar-refractivity contribution >= 4 is 0 Å². The Kier molecular flexibility index (Phi) is 1.75. The van der Waals surface area contributed by atoms with Crippen LogP contribution in [0.15, 0.2) is 0 Å². The largest absolute Gasteiger partial charge is 0.633 e. The normalized spacial score (nSPS) is 45.0. The Morgan fingerprint density at radius 2 is 2.33 bits per heavy atom. The van der Waals surface area contributed by atoms with Gasteiger partial charge in [-0.15, -0.1) is 0 Å². The first kappa shape index (κ1) is 6.99. The summed E-state index contributed by atoms with van der Waals surface area (Å²) in [6.07, 6.45) is 0.140. The number of morpholine rings is 1. The Hall–Kier alpha value is -0.120. The van der Waals surface area contributed by atoms with Crippen LogP contribution < -0.4 is 0 Å². The lowest BCUT2D eigenvalue weighted by Gasteiger charge is -2.43. The fourth-order valence-electron chi connectivity index (χ4n) is 1.13. The molecule has 1 aliphatic heterocycles. The highest BCUT2D eigenvalue weighted by Gasteiger charge is 2.20. The molecule has 1 heterocycles. The van der Waals surface area contributed by atoms with Gasteiger partial charge in [-0.2, -0.15) is 0 Å². The van der Waals surface area contributed by atoms with Gasteiger partial charge in [0, 0.05) is 0 Å². The molecule has 54 valence electrons. The van der Waals surface area contributed by atoms with Crippen LogP contribution >= 0.6 is 0 Å². The van der Waals surface area contributed by atoms with Gasteiger partial charge in [-0.25, -0.2) is 0 Å². The molecule has 0 aromatic heterocycles. The van der Waals surface area contributed by atoms with Gasteiger partial charge in [0.25, 0.3) is 0 Å². The number of hydroxylamine groups is 3. The second-order valence-corrected chi connectivity index (χ2v) is 2.88. The topological polar surface area (TPSA) is 32.3 Å². The molecule has 1 saturated heterocycles. The number of hydrogen-bond acceptors (Lipinski definition) is 2. The van der Waals surface area contributed by atoms with E-state index >= 15 is 0 Å². The summed E-state index contributed by atoms with van der Waals surface area (Å²) in [5, 5.41) is 11.2. The number of nitrogens with zero attached hydrogens (tertiary/aromatic N) is 1. The van der Waals surface area contributed by atoms with Crippen molar-refractivity contribution in [1.82, 2.24) is 0 Å². The maximum atomic E-state index is 11.2. The standard InChI is InChI=1S/C6H13NO2/c1-6-5-7(2,8)3-4-9-6/h6H,3-5H2,1-2H3. The van der Waals surface area contributed by atoms with Crippen LogP contribution in [0, 0.1) is 5.21 Å². The van der Waals surface area contributed by atoms with E-state index in [4.69, 9.17) is 4.74 Å². The number of rotatable bonds is 0. The Morgan fingerprint density at radius 1 is 1.67 bits per heavy atom. The van der Waals surface area contributed by atoms with Gasteiger partial charge in [0.2, 0.25) is 0 Å². The van der Waals surface area contributed by atoms with Crippen LogP contribution in [-0.4, -0.2) is 37.5 Å². The maximum absolute atomic E-state index is 11.2. The van der Waals surface area contributed by atoms with Crippen molar-refractivity contribution in [3.8, 4) is 0 Å². The lowest BCUT2D eigenvalue weighted by atomic mass is 10.3. The lowest BCUT2D eigenvalue weighted by molar-refractivity contribution is -0.872. The fraction of sp³-hybridized carbons (Fsp3) is 1.00. The third-order valence-corrected chi connectivity index (χ3v) is 1.61. The molecule has 0 aromatic rings. The highest BCUT2D eigenvalue weighted by Crippen LogP contribution is 2.09. The van der Waals surface area contributed by atoms with Crippen LogP contribution in [0.1, 0.15) is 6.92 Å². The molecule has 3 heteroatoms. The summed E-state index contributed by atoms with van der Waals surface area (Å²) >= 11 is 0. The SMILES string of the molecule is CC1C[N+](C)([O-])CCO1. The summed E-state index contributed by atoms with van der Waals surface area (Å²) in [7, 11) is 1.69. The van der Waals surface area contributed by atoms with Crippen molar-refractivity contribution in [3.63, 3.8) is 0 Å². The van der Waals surface area contributed by atoms with E-state index in [2.05, 4.69) is 0 Å². The van der Waals surface area contributed by atoms with Gasteiger partial charge in [0.1, 0.15) is 19.2 Å². The lowest BCUT2D eigenvalue weighted by Crippen LogP contribution is -2.50. The van der Waals surface area contributed by atoms with Gasteiger partial charge in [-0.3, -0.25) is 0 Å². The summed E-state index contributed by atoms with van der Waals surface area (Å²) in [6, 6.07) is 0. The van der Waals surface area contributed by atoms with Crippen LogP contribution in [0.2, 0.25) is 0 Å². The first-order chi connectivity index (χ1) is 4.10. The van der Waals surface area contributed by atoms with Gasteiger partial charge in [0.05, 0.1) is 13.7 Å². The van der Waals surface area contributed by atoms with Crippen molar-refractivity contribution in [2.75, 3.05) is 26.7 Å². The third kappa shape index (κ3) is 1.93. The third-order valence-electron chi connectivity index (χ3n) is 1.61. The van der Waals surface area contributed by atoms with Crippen LogP contribution in [-0.2, 0) is 4.74 Å². The molecule has 0 radical (unpaired) electrons. The maximum Gasteiger partial charge on any atom is 0.105 e. The minimum Gasteiger partial charge on any atom is -0.633 e. The molecular formula is C6H13NO2. The average Bonchev–Trinajstić information content (AvgIpc) is 1.60. The van der Waals surface area contributed by atoms with Crippen molar-refractivity contribution in [3.05, 3.63) is 5.21 Å². The molecule has 0 bridgehead atoms. The smallest absolute Gasteiger partial charge is 0.105 e. The molecular weight excluding hydrogens is 118 g/mol. The first-order valence-electron chi connectivity index (χ1n) is 3.27. The van der Waals surface area contributed by atoms with Gasteiger partial charge in [0.15, 0.2) is 0 Å². The summed E-state index contributed by atoms with van der Waals surface area (Å²) in [6.45, 7) is 3.75. The molecule has 0 aliphatic carbocycles. The Bertz CT molecular complexity index is 103. The van der Waals surface area contributed by atoms with Crippen molar-refractivity contribution in [2.45, 2.75) is 13.0 Å². The van der Waals surface area contributed by atoms with Gasteiger partial charge < -0.3 is 14.6 Å². The number of ether oxygens (including phenoxy) is 1. The molecule has 0 amide bonds. The average molecular weight is 131 g/mol. The first-order valence-corrected chi connectivity index (χ1v) is 3.27. The van der Waals surface area contributed by atoms with Crippen LogP contribution in [0.3, 0.4) is 0 Å². The van der Waals surface area contributed by atoms with Gasteiger partial charge in [-0.05, 0) is 6.92 Å². The van der Waals surface area contributed by atoms with E-state index in [-0.39, 0.29) is 10.8 Å². The predicted molar refractivity (Wildman–Crippen MR) is 34.7 cm³/mol. The number of quaternary nitrogens is 1. The molecule has 1 fully saturated rings. The number of likely N-dealkylation sites (N-methyl/N-ethyl adjacent to an activating group) is 1.